The van der Waals surface area contributed by atoms with Crippen molar-refractivity contribution in [3.05, 3.63) is 23.9 Å². The molecule has 6 heteroatoms. The van der Waals surface area contributed by atoms with E-state index in [-0.39, 0.29) is 5.92 Å². The van der Waals surface area contributed by atoms with Gasteiger partial charge in [-0.3, -0.25) is 4.90 Å². The van der Waals surface area contributed by atoms with Crippen LogP contribution in [0.25, 0.3) is 0 Å². The minimum atomic E-state index is -4.10. The molecule has 1 atom stereocenters. The lowest BCUT2D eigenvalue weighted by Crippen LogP contribution is -2.33. The third kappa shape index (κ3) is 4.70. The van der Waals surface area contributed by atoms with Crippen LogP contribution in [0.2, 0.25) is 0 Å². The largest absolute Gasteiger partial charge is 0.401 e. The molecule has 1 aromatic heterocycles. The Bertz CT molecular complexity index is 403. The molecule has 0 aromatic carbocycles. The van der Waals surface area contributed by atoms with E-state index in [1.807, 2.05) is 19.1 Å². The van der Waals surface area contributed by atoms with Gasteiger partial charge in [-0.15, -0.1) is 0 Å². The number of rotatable bonds is 4. The maximum atomic E-state index is 12.3. The Morgan fingerprint density at radius 3 is 2.84 bits per heavy atom. The number of pyridine rings is 1. The van der Waals surface area contributed by atoms with E-state index in [0.29, 0.717) is 19.6 Å². The van der Waals surface area contributed by atoms with Crippen LogP contribution in [0, 0.1) is 12.8 Å². The van der Waals surface area contributed by atoms with Crippen LogP contribution in [0.15, 0.2) is 18.3 Å². The molecule has 1 fully saturated rings. The number of likely N-dealkylation sites (tertiary alicyclic amines) is 1. The molecule has 106 valence electrons. The summed E-state index contributed by atoms with van der Waals surface area (Å²) >= 11 is 0. The molecule has 1 aliphatic rings. The van der Waals surface area contributed by atoms with Crippen LogP contribution in [-0.2, 0) is 0 Å². The first-order valence-electron chi connectivity index (χ1n) is 6.38. The highest BCUT2D eigenvalue weighted by atomic mass is 19.4. The van der Waals surface area contributed by atoms with Crippen molar-refractivity contribution in [3.63, 3.8) is 0 Å². The fourth-order valence-corrected chi connectivity index (χ4v) is 2.30. The fraction of sp³-hybridized carbons (Fsp3) is 0.615. The van der Waals surface area contributed by atoms with E-state index in [2.05, 4.69) is 10.3 Å². The minimum absolute atomic E-state index is 0.255. The second-order valence-corrected chi connectivity index (χ2v) is 5.11. The fourth-order valence-electron chi connectivity index (χ4n) is 2.30. The van der Waals surface area contributed by atoms with Crippen molar-refractivity contribution in [1.29, 1.82) is 0 Å². The summed E-state index contributed by atoms with van der Waals surface area (Å²) in [5.74, 6) is 1.03. The van der Waals surface area contributed by atoms with E-state index in [1.165, 1.54) is 4.90 Å². The zero-order chi connectivity index (χ0) is 13.9. The van der Waals surface area contributed by atoms with Gasteiger partial charge < -0.3 is 5.32 Å². The molecular formula is C13H18F3N3. The second-order valence-electron chi connectivity index (χ2n) is 5.11. The summed E-state index contributed by atoms with van der Waals surface area (Å²) in [5, 5.41) is 3.18. The Labute approximate surface area is 110 Å². The van der Waals surface area contributed by atoms with Gasteiger partial charge in [0.25, 0.3) is 0 Å². The summed E-state index contributed by atoms with van der Waals surface area (Å²) in [6, 6.07) is 3.84. The van der Waals surface area contributed by atoms with Crippen molar-refractivity contribution in [1.82, 2.24) is 9.88 Å². The van der Waals surface area contributed by atoms with Crippen LogP contribution in [0.4, 0.5) is 19.0 Å². The minimum Gasteiger partial charge on any atom is -0.370 e. The van der Waals surface area contributed by atoms with Crippen LogP contribution in [0.3, 0.4) is 0 Å². The monoisotopic (exact) mass is 273 g/mol. The highest BCUT2D eigenvalue weighted by Gasteiger charge is 2.34. The molecule has 1 aliphatic heterocycles. The molecule has 1 unspecified atom stereocenters. The van der Waals surface area contributed by atoms with Gasteiger partial charge in [0.15, 0.2) is 0 Å². The third-order valence-corrected chi connectivity index (χ3v) is 3.26. The summed E-state index contributed by atoms with van der Waals surface area (Å²) in [6.45, 7) is 2.85. The number of nitrogens with zero attached hydrogens (tertiary/aromatic N) is 2. The van der Waals surface area contributed by atoms with Crippen LogP contribution < -0.4 is 5.32 Å². The molecule has 0 bridgehead atoms. The average Bonchev–Trinajstić information content (AvgIpc) is 2.73. The molecule has 0 amide bonds. The van der Waals surface area contributed by atoms with E-state index in [9.17, 15) is 13.2 Å². The number of halogens is 3. The number of alkyl halides is 3. The van der Waals surface area contributed by atoms with Crippen molar-refractivity contribution < 1.29 is 13.2 Å². The van der Waals surface area contributed by atoms with Crippen LogP contribution in [0.5, 0.6) is 0 Å². The Morgan fingerprint density at radius 2 is 2.21 bits per heavy atom. The zero-order valence-corrected chi connectivity index (χ0v) is 10.9. The number of aryl methyl sites for hydroxylation is 1. The van der Waals surface area contributed by atoms with Crippen molar-refractivity contribution in [2.75, 3.05) is 31.5 Å². The molecule has 0 radical (unpaired) electrons. The van der Waals surface area contributed by atoms with E-state index < -0.39 is 12.7 Å². The molecular weight excluding hydrogens is 255 g/mol. The molecule has 0 aliphatic carbocycles. The maximum Gasteiger partial charge on any atom is 0.401 e. The van der Waals surface area contributed by atoms with Gasteiger partial charge in [-0.1, -0.05) is 6.07 Å². The van der Waals surface area contributed by atoms with Crippen LogP contribution in [0.1, 0.15) is 12.0 Å². The van der Waals surface area contributed by atoms with Crippen molar-refractivity contribution >= 4 is 5.82 Å². The Morgan fingerprint density at radius 1 is 1.42 bits per heavy atom. The van der Waals surface area contributed by atoms with Gasteiger partial charge in [0.05, 0.1) is 6.54 Å². The summed E-state index contributed by atoms with van der Waals surface area (Å²) in [5.41, 5.74) is 1.09. The van der Waals surface area contributed by atoms with Crippen LogP contribution in [-0.4, -0.2) is 42.2 Å². The average molecular weight is 273 g/mol. The molecule has 0 spiro atoms. The predicted molar refractivity (Wildman–Crippen MR) is 68.1 cm³/mol. The van der Waals surface area contributed by atoms with Crippen molar-refractivity contribution in [3.8, 4) is 0 Å². The first kappa shape index (κ1) is 14.1. The Balaban J connectivity index is 1.75. The lowest BCUT2D eigenvalue weighted by atomic mass is 10.1. The Hall–Kier alpha value is -1.30. The van der Waals surface area contributed by atoms with E-state index >= 15 is 0 Å². The first-order valence-corrected chi connectivity index (χ1v) is 6.38. The number of nitrogens with one attached hydrogen (secondary N) is 1. The lowest BCUT2D eigenvalue weighted by Gasteiger charge is -2.18. The highest BCUT2D eigenvalue weighted by Crippen LogP contribution is 2.22. The Kier molecular flexibility index (Phi) is 4.29. The van der Waals surface area contributed by atoms with Gasteiger partial charge in [0.2, 0.25) is 0 Å². The van der Waals surface area contributed by atoms with Gasteiger partial charge in [-0.05, 0) is 37.4 Å². The number of aromatic nitrogens is 1. The van der Waals surface area contributed by atoms with Gasteiger partial charge in [-0.25, -0.2) is 4.98 Å². The standard InChI is InChI=1S/C13H18F3N3/c1-10-2-3-12(17-6-10)18-7-11-4-5-19(8-11)9-13(14,15)16/h2-3,6,11H,4-5,7-9H2,1H3,(H,17,18). The molecule has 1 saturated heterocycles. The topological polar surface area (TPSA) is 28.2 Å². The molecule has 1 N–H and O–H groups in total. The number of anilines is 1. The smallest absolute Gasteiger partial charge is 0.370 e. The van der Waals surface area contributed by atoms with E-state index in [0.717, 1.165) is 17.8 Å². The van der Waals surface area contributed by atoms with Crippen LogP contribution >= 0.6 is 0 Å². The molecule has 1 aromatic rings. The van der Waals surface area contributed by atoms with E-state index in [1.54, 1.807) is 6.20 Å². The predicted octanol–water partition coefficient (Wildman–Crippen LogP) is 2.69. The quantitative estimate of drug-likeness (QED) is 0.914. The van der Waals surface area contributed by atoms with E-state index in [4.69, 9.17) is 0 Å². The van der Waals surface area contributed by atoms with Crippen molar-refractivity contribution in [2.24, 2.45) is 5.92 Å². The van der Waals surface area contributed by atoms with Gasteiger partial charge in [-0.2, -0.15) is 13.2 Å². The number of hydrogen-bond acceptors (Lipinski definition) is 3. The van der Waals surface area contributed by atoms with Crippen molar-refractivity contribution in [2.45, 2.75) is 19.5 Å². The molecule has 2 heterocycles. The first-order chi connectivity index (χ1) is 8.92. The zero-order valence-electron chi connectivity index (χ0n) is 10.9. The van der Waals surface area contributed by atoms with Gasteiger partial charge in [0.1, 0.15) is 5.82 Å². The molecule has 3 nitrogen and oxygen atoms in total. The second kappa shape index (κ2) is 5.77. The summed E-state index contributed by atoms with van der Waals surface area (Å²) in [7, 11) is 0. The molecule has 19 heavy (non-hydrogen) atoms. The normalized spacial score (nSPS) is 20.7. The van der Waals surface area contributed by atoms with Gasteiger partial charge in [0, 0.05) is 19.3 Å². The molecule has 2 rings (SSSR count). The third-order valence-electron chi connectivity index (χ3n) is 3.26. The SMILES string of the molecule is Cc1ccc(NCC2CCN(CC(F)(F)F)C2)nc1. The lowest BCUT2D eigenvalue weighted by molar-refractivity contribution is -0.143. The van der Waals surface area contributed by atoms with Gasteiger partial charge >= 0.3 is 6.18 Å². The number of hydrogen-bond donors (Lipinski definition) is 1. The highest BCUT2D eigenvalue weighted by molar-refractivity contribution is 5.35. The maximum absolute atomic E-state index is 12.3. The summed E-state index contributed by atoms with van der Waals surface area (Å²) in [6.07, 6.45) is -1.53. The summed E-state index contributed by atoms with van der Waals surface area (Å²) in [4.78, 5) is 5.68. The molecule has 0 saturated carbocycles. The summed E-state index contributed by atoms with van der Waals surface area (Å²) < 4.78 is 36.8.